The number of halogens is 6. The van der Waals surface area contributed by atoms with E-state index in [4.69, 9.17) is 9.47 Å². The van der Waals surface area contributed by atoms with E-state index in [-0.39, 0.29) is 40.4 Å². The first kappa shape index (κ1) is 31.0. The zero-order valence-electron chi connectivity index (χ0n) is 22.6. The van der Waals surface area contributed by atoms with Crippen molar-refractivity contribution >= 4 is 21.4 Å². The van der Waals surface area contributed by atoms with Gasteiger partial charge in [-0.05, 0) is 62.1 Å². The Morgan fingerprint density at radius 1 is 1.02 bits per heavy atom. The van der Waals surface area contributed by atoms with Crippen molar-refractivity contribution in [1.29, 1.82) is 0 Å². The molecule has 2 aromatic heterocycles. The number of methoxy groups -OCH3 is 1. The predicted molar refractivity (Wildman–Crippen MR) is 136 cm³/mol. The van der Waals surface area contributed by atoms with E-state index in [9.17, 15) is 39.6 Å². The molecule has 3 aromatic rings. The highest BCUT2D eigenvalue weighted by Crippen LogP contribution is 2.55. The highest BCUT2D eigenvalue weighted by molar-refractivity contribution is 7.90. The van der Waals surface area contributed by atoms with Crippen molar-refractivity contribution in [1.82, 2.24) is 15.2 Å². The van der Waals surface area contributed by atoms with Crippen molar-refractivity contribution in [3.63, 3.8) is 0 Å². The van der Waals surface area contributed by atoms with Crippen LogP contribution < -0.4 is 14.8 Å². The van der Waals surface area contributed by atoms with Crippen LogP contribution in [0.15, 0.2) is 35.2 Å². The number of alkyl halides is 6. The summed E-state index contributed by atoms with van der Waals surface area (Å²) in [6.07, 6.45) is -8.68. The van der Waals surface area contributed by atoms with E-state index in [0.717, 1.165) is 32.4 Å². The molecular weight excluding hydrogens is 594 g/mol. The number of carbonyl (C=O) groups excluding carboxylic acids is 1. The van der Waals surface area contributed by atoms with Crippen molar-refractivity contribution < 1.29 is 49.0 Å². The molecule has 226 valence electrons. The lowest BCUT2D eigenvalue weighted by molar-refractivity contribution is -0.214. The van der Waals surface area contributed by atoms with Crippen LogP contribution in [0.25, 0.3) is 0 Å². The summed E-state index contributed by atoms with van der Waals surface area (Å²) in [5, 5.41) is 8.96. The number of hydrogen-bond donors (Lipinski definition) is 1. The second kappa shape index (κ2) is 10.7. The van der Waals surface area contributed by atoms with Gasteiger partial charge in [-0.2, -0.15) is 26.3 Å². The number of rotatable bonds is 7. The minimum atomic E-state index is -5.01. The molecule has 1 fully saturated rings. The van der Waals surface area contributed by atoms with Gasteiger partial charge in [-0.1, -0.05) is 12.5 Å². The van der Waals surface area contributed by atoms with E-state index in [1.165, 1.54) is 25.1 Å². The number of hydrogen-bond acceptors (Lipinski definition) is 8. The standard InChI is InChI=1S/C26H24F6N4O5S/c1-13-11-17(24(9-6-10-24)26(30,31)32)34-23(40-3)19(13)41-22-18(14(2)20(35-36-22)25(27,28)29)21(37)33-15-7-5-8-16(12-15)42(4,38)39/h5,7-8,11-12H,6,9-10H2,1-4H3,(H,33,37). The molecule has 0 spiro atoms. The van der Waals surface area contributed by atoms with Crippen molar-refractivity contribution in [3.05, 3.63) is 58.4 Å². The lowest BCUT2D eigenvalue weighted by Gasteiger charge is -2.42. The molecule has 4 rings (SSSR count). The van der Waals surface area contributed by atoms with Gasteiger partial charge >= 0.3 is 12.4 Å². The van der Waals surface area contributed by atoms with Crippen LogP contribution in [0, 0.1) is 13.8 Å². The third-order valence-electron chi connectivity index (χ3n) is 6.96. The number of nitrogens with zero attached hydrogens (tertiary/aromatic N) is 3. The zero-order valence-corrected chi connectivity index (χ0v) is 23.4. The summed E-state index contributed by atoms with van der Waals surface area (Å²) in [7, 11) is -2.56. The molecule has 1 N–H and O–H groups in total. The van der Waals surface area contributed by atoms with Gasteiger partial charge in [0.05, 0.1) is 17.7 Å². The molecule has 9 nitrogen and oxygen atoms in total. The molecule has 1 amide bonds. The topological polar surface area (TPSA) is 120 Å². The smallest absolute Gasteiger partial charge is 0.435 e. The molecule has 1 aliphatic rings. The van der Waals surface area contributed by atoms with Gasteiger partial charge in [0.15, 0.2) is 21.3 Å². The minimum absolute atomic E-state index is 0.0589. The Bertz CT molecular complexity index is 1650. The zero-order chi connectivity index (χ0) is 31.3. The third-order valence-corrected chi connectivity index (χ3v) is 8.07. The van der Waals surface area contributed by atoms with Gasteiger partial charge in [0.25, 0.3) is 17.7 Å². The first-order chi connectivity index (χ1) is 19.4. The van der Waals surface area contributed by atoms with Crippen LogP contribution in [0.4, 0.5) is 32.0 Å². The average molecular weight is 619 g/mol. The van der Waals surface area contributed by atoms with Crippen LogP contribution in [0.3, 0.4) is 0 Å². The second-order valence-corrected chi connectivity index (χ2v) is 11.8. The van der Waals surface area contributed by atoms with Gasteiger partial charge in [-0.3, -0.25) is 4.79 Å². The first-order valence-electron chi connectivity index (χ1n) is 12.3. The Hall–Kier alpha value is -3.95. The summed E-state index contributed by atoms with van der Waals surface area (Å²) in [4.78, 5) is 17.2. The largest absolute Gasteiger partial charge is 0.478 e. The molecular formula is C26H24F6N4O5S. The maximum Gasteiger partial charge on any atom is 0.435 e. The average Bonchev–Trinajstić information content (AvgIpc) is 2.82. The molecule has 0 aliphatic heterocycles. The van der Waals surface area contributed by atoms with Gasteiger partial charge in [0, 0.05) is 11.9 Å². The minimum Gasteiger partial charge on any atom is -0.478 e. The summed E-state index contributed by atoms with van der Waals surface area (Å²) in [5.41, 5.74) is -5.33. The number of sulfone groups is 1. The van der Waals surface area contributed by atoms with Gasteiger partial charge < -0.3 is 14.8 Å². The fraction of sp³-hybridized carbons (Fsp3) is 0.385. The number of ether oxygens (including phenoxy) is 2. The molecule has 16 heteroatoms. The number of nitrogens with one attached hydrogen (secondary N) is 1. The third kappa shape index (κ3) is 5.71. The van der Waals surface area contributed by atoms with Crippen molar-refractivity contribution in [3.8, 4) is 17.5 Å². The summed E-state index contributed by atoms with van der Waals surface area (Å²) in [5.74, 6) is -2.57. The number of aromatic nitrogens is 3. The van der Waals surface area contributed by atoms with E-state index < -0.39 is 62.1 Å². The van der Waals surface area contributed by atoms with E-state index >= 15 is 0 Å². The Morgan fingerprint density at radius 2 is 1.69 bits per heavy atom. The van der Waals surface area contributed by atoms with Gasteiger partial charge in [0.2, 0.25) is 0 Å². The van der Waals surface area contributed by atoms with Crippen LogP contribution in [-0.4, -0.2) is 49.0 Å². The van der Waals surface area contributed by atoms with Crippen LogP contribution >= 0.6 is 0 Å². The van der Waals surface area contributed by atoms with E-state index in [2.05, 4.69) is 20.5 Å². The Morgan fingerprint density at radius 3 is 2.21 bits per heavy atom. The highest BCUT2D eigenvalue weighted by Gasteiger charge is 2.60. The SMILES string of the molecule is COc1nc(C2(C(F)(F)F)CCC2)cc(C)c1Oc1nnc(C(F)(F)F)c(C)c1C(=O)Nc1cccc(S(C)(=O)=O)c1. The number of aryl methyl sites for hydroxylation is 1. The Labute approximate surface area is 236 Å². The second-order valence-electron chi connectivity index (χ2n) is 9.80. The number of amides is 1. The fourth-order valence-electron chi connectivity index (χ4n) is 4.56. The summed E-state index contributed by atoms with van der Waals surface area (Å²) in [6, 6.07) is 6.15. The number of carbonyl (C=O) groups is 1. The number of anilines is 1. The molecule has 1 aliphatic carbocycles. The fourth-order valence-corrected chi connectivity index (χ4v) is 5.22. The van der Waals surface area contributed by atoms with Crippen molar-refractivity contribution in [2.75, 3.05) is 18.7 Å². The Kier molecular flexibility index (Phi) is 7.90. The number of benzene rings is 1. The van der Waals surface area contributed by atoms with Gasteiger partial charge in [0.1, 0.15) is 11.0 Å². The summed E-state index contributed by atoms with van der Waals surface area (Å²) in [6.45, 7) is 2.34. The van der Waals surface area contributed by atoms with Gasteiger partial charge in [-0.25, -0.2) is 13.4 Å². The first-order valence-corrected chi connectivity index (χ1v) is 14.1. The van der Waals surface area contributed by atoms with Crippen molar-refractivity contribution in [2.24, 2.45) is 0 Å². The molecule has 0 saturated heterocycles. The maximum atomic E-state index is 13.9. The van der Waals surface area contributed by atoms with Crippen LogP contribution in [0.5, 0.6) is 17.5 Å². The highest BCUT2D eigenvalue weighted by atomic mass is 32.2. The lowest BCUT2D eigenvalue weighted by Crippen LogP contribution is -2.48. The molecule has 0 radical (unpaired) electrons. The molecule has 0 atom stereocenters. The quantitative estimate of drug-likeness (QED) is 0.323. The van der Waals surface area contributed by atoms with Crippen LogP contribution in [-0.2, 0) is 21.4 Å². The van der Waals surface area contributed by atoms with E-state index in [0.29, 0.717) is 6.42 Å². The predicted octanol–water partition coefficient (Wildman–Crippen LogP) is 5.95. The monoisotopic (exact) mass is 618 g/mol. The van der Waals surface area contributed by atoms with E-state index in [1.807, 2.05) is 0 Å². The van der Waals surface area contributed by atoms with Gasteiger partial charge in [-0.15, -0.1) is 10.2 Å². The lowest BCUT2D eigenvalue weighted by atomic mass is 9.65. The molecule has 2 heterocycles. The molecule has 42 heavy (non-hydrogen) atoms. The maximum absolute atomic E-state index is 13.9. The Balaban J connectivity index is 1.80. The summed E-state index contributed by atoms with van der Waals surface area (Å²) < 4.78 is 118. The normalized spacial score (nSPS) is 15.1. The summed E-state index contributed by atoms with van der Waals surface area (Å²) >= 11 is 0. The molecule has 0 bridgehead atoms. The van der Waals surface area contributed by atoms with E-state index in [1.54, 1.807) is 0 Å². The molecule has 1 saturated carbocycles. The van der Waals surface area contributed by atoms with Crippen LogP contribution in [0.1, 0.15) is 52.1 Å². The van der Waals surface area contributed by atoms with Crippen molar-refractivity contribution in [2.45, 2.75) is 55.8 Å². The number of pyridine rings is 1. The van der Waals surface area contributed by atoms with Crippen LogP contribution in [0.2, 0.25) is 0 Å². The molecule has 1 aromatic carbocycles. The molecule has 0 unspecified atom stereocenters.